The number of hydrogen-bond donors (Lipinski definition) is 2. The summed E-state index contributed by atoms with van der Waals surface area (Å²) in [5, 5.41) is 2.76. The van der Waals surface area contributed by atoms with E-state index in [4.69, 9.17) is 15.2 Å². The van der Waals surface area contributed by atoms with Crippen LogP contribution in [0.15, 0.2) is 36.5 Å². The average Bonchev–Trinajstić information content (AvgIpc) is 2.91. The molecule has 1 aliphatic rings. The predicted molar refractivity (Wildman–Crippen MR) is 105 cm³/mol. The molecule has 2 amide bonds. The Bertz CT molecular complexity index is 947. The lowest BCUT2D eigenvalue weighted by molar-refractivity contribution is -0.131. The molecule has 29 heavy (non-hydrogen) atoms. The fraction of sp³-hybridized carbons (Fsp3) is 0.381. The van der Waals surface area contributed by atoms with Gasteiger partial charge in [0.05, 0.1) is 12.7 Å². The van der Waals surface area contributed by atoms with E-state index in [1.165, 1.54) is 31.5 Å². The van der Waals surface area contributed by atoms with Crippen LogP contribution in [0.25, 0.3) is 0 Å². The molecule has 154 valence electrons. The van der Waals surface area contributed by atoms with Crippen molar-refractivity contribution in [3.05, 3.63) is 53.6 Å². The number of halogens is 1. The van der Waals surface area contributed by atoms with Gasteiger partial charge in [-0.3, -0.25) is 14.6 Å². The van der Waals surface area contributed by atoms with Gasteiger partial charge in [0.2, 0.25) is 0 Å². The molecule has 8 heteroatoms. The van der Waals surface area contributed by atoms with Crippen LogP contribution >= 0.6 is 0 Å². The first-order chi connectivity index (χ1) is 13.6. The van der Waals surface area contributed by atoms with Gasteiger partial charge in [0.15, 0.2) is 0 Å². The highest BCUT2D eigenvalue weighted by Gasteiger charge is 2.51. The number of hydrogen-bond acceptors (Lipinski definition) is 5. The fourth-order valence-electron chi connectivity index (χ4n) is 3.67. The summed E-state index contributed by atoms with van der Waals surface area (Å²) in [4.78, 5) is 28.3. The van der Waals surface area contributed by atoms with E-state index in [-0.39, 0.29) is 23.4 Å². The summed E-state index contributed by atoms with van der Waals surface area (Å²) >= 11 is 0. The third-order valence-corrected chi connectivity index (χ3v) is 5.49. The van der Waals surface area contributed by atoms with Crippen molar-refractivity contribution in [1.29, 1.82) is 0 Å². The minimum absolute atomic E-state index is 0.0422. The highest BCUT2D eigenvalue weighted by Crippen LogP contribution is 2.48. The molecule has 3 rings (SSSR count). The van der Waals surface area contributed by atoms with Gasteiger partial charge in [-0.25, -0.2) is 4.39 Å². The molecule has 2 heterocycles. The Morgan fingerprint density at radius 2 is 2.00 bits per heavy atom. The molecule has 2 aromatic rings. The number of carbonyl (C=O) groups is 2. The summed E-state index contributed by atoms with van der Waals surface area (Å²) in [5.41, 5.74) is 5.77. The quantitative estimate of drug-likeness (QED) is 0.802. The van der Waals surface area contributed by atoms with Crippen molar-refractivity contribution in [2.24, 2.45) is 11.7 Å². The van der Waals surface area contributed by atoms with Crippen molar-refractivity contribution in [1.82, 2.24) is 4.98 Å². The van der Waals surface area contributed by atoms with Crippen LogP contribution in [0.2, 0.25) is 0 Å². The van der Waals surface area contributed by atoms with Gasteiger partial charge in [-0.05, 0) is 38.0 Å². The molecule has 1 aromatic heterocycles. The maximum atomic E-state index is 13.7. The molecule has 0 spiro atoms. The number of carbonyl (C=O) groups excluding carboxylic acids is 2. The first-order valence-corrected chi connectivity index (χ1v) is 9.22. The van der Waals surface area contributed by atoms with Crippen LogP contribution in [-0.2, 0) is 9.53 Å². The molecule has 0 aliphatic carbocycles. The van der Waals surface area contributed by atoms with E-state index in [1.54, 1.807) is 12.1 Å². The number of primary amides is 1. The number of nitrogens with two attached hydrogens (primary N) is 1. The zero-order chi connectivity index (χ0) is 21.3. The summed E-state index contributed by atoms with van der Waals surface area (Å²) < 4.78 is 25.1. The summed E-state index contributed by atoms with van der Waals surface area (Å²) in [7, 11) is 1.46. The highest BCUT2D eigenvalue weighted by atomic mass is 19.1. The minimum atomic E-state index is -0.843. The van der Waals surface area contributed by atoms with Crippen molar-refractivity contribution in [3.63, 3.8) is 0 Å². The van der Waals surface area contributed by atoms with Gasteiger partial charge in [0, 0.05) is 29.4 Å². The van der Waals surface area contributed by atoms with Gasteiger partial charge >= 0.3 is 0 Å². The smallest absolute Gasteiger partial charge is 0.267 e. The van der Waals surface area contributed by atoms with Crippen LogP contribution in [-0.4, -0.2) is 35.6 Å². The van der Waals surface area contributed by atoms with Crippen molar-refractivity contribution < 1.29 is 23.5 Å². The molecular weight excluding hydrogens is 377 g/mol. The Kier molecular flexibility index (Phi) is 5.57. The molecule has 1 aliphatic heterocycles. The standard InChI is InChI=1S/C21H24FN3O4/c1-11-17(14-6-5-12(22)9-16(14)28-4)18(29-21(11,2)3)20(27)25-13-7-8-24-15(10-13)19(23)26/h5-11,17-18H,1-4H3,(H2,23,26)(H,24,25,27)/t11-,17-,18-/m0/s1. The third-order valence-electron chi connectivity index (χ3n) is 5.49. The molecule has 0 saturated carbocycles. The highest BCUT2D eigenvalue weighted by molar-refractivity contribution is 5.97. The second-order valence-electron chi connectivity index (χ2n) is 7.63. The summed E-state index contributed by atoms with van der Waals surface area (Å²) in [6, 6.07) is 7.22. The van der Waals surface area contributed by atoms with Gasteiger partial charge in [0.1, 0.15) is 23.4 Å². The Morgan fingerprint density at radius 1 is 1.28 bits per heavy atom. The molecular formula is C21H24FN3O4. The number of benzene rings is 1. The van der Waals surface area contributed by atoms with Gasteiger partial charge < -0.3 is 20.5 Å². The molecule has 0 unspecified atom stereocenters. The summed E-state index contributed by atoms with van der Waals surface area (Å²) in [6.45, 7) is 5.80. The minimum Gasteiger partial charge on any atom is -0.496 e. The number of aromatic nitrogens is 1. The molecule has 3 atom stereocenters. The van der Waals surface area contributed by atoms with Crippen LogP contribution < -0.4 is 15.8 Å². The number of nitrogens with zero attached hydrogens (tertiary/aromatic N) is 1. The normalized spacial score (nSPS) is 22.9. The van der Waals surface area contributed by atoms with Crippen molar-refractivity contribution >= 4 is 17.5 Å². The first kappa shape index (κ1) is 20.7. The summed E-state index contributed by atoms with van der Waals surface area (Å²) in [6.07, 6.45) is 0.544. The van der Waals surface area contributed by atoms with Crippen LogP contribution in [0.4, 0.5) is 10.1 Å². The Labute approximate surface area is 168 Å². The molecule has 0 radical (unpaired) electrons. The molecule has 3 N–H and O–H groups in total. The zero-order valence-electron chi connectivity index (χ0n) is 16.7. The maximum absolute atomic E-state index is 13.7. The number of rotatable bonds is 5. The van der Waals surface area contributed by atoms with Crippen LogP contribution in [0.1, 0.15) is 42.7 Å². The van der Waals surface area contributed by atoms with Crippen molar-refractivity contribution in [3.8, 4) is 5.75 Å². The molecule has 1 aromatic carbocycles. The van der Waals surface area contributed by atoms with Gasteiger partial charge in [0.25, 0.3) is 11.8 Å². The predicted octanol–water partition coefficient (Wildman–Crippen LogP) is 2.86. The molecule has 0 bridgehead atoms. The van der Waals surface area contributed by atoms with E-state index in [2.05, 4.69) is 10.3 Å². The maximum Gasteiger partial charge on any atom is 0.267 e. The molecule has 1 fully saturated rings. The van der Waals surface area contributed by atoms with Crippen LogP contribution in [0, 0.1) is 11.7 Å². The Morgan fingerprint density at radius 3 is 2.66 bits per heavy atom. The number of anilines is 1. The number of nitrogens with one attached hydrogen (secondary N) is 1. The fourth-order valence-corrected chi connectivity index (χ4v) is 3.67. The first-order valence-electron chi connectivity index (χ1n) is 9.22. The topological polar surface area (TPSA) is 104 Å². The van der Waals surface area contributed by atoms with Crippen LogP contribution in [0.3, 0.4) is 0 Å². The lowest BCUT2D eigenvalue weighted by Gasteiger charge is -2.25. The van der Waals surface area contributed by atoms with Crippen LogP contribution in [0.5, 0.6) is 5.75 Å². The van der Waals surface area contributed by atoms with Gasteiger partial charge in [-0.2, -0.15) is 0 Å². The van der Waals surface area contributed by atoms with Crippen molar-refractivity contribution in [2.75, 3.05) is 12.4 Å². The van der Waals surface area contributed by atoms with E-state index in [9.17, 15) is 14.0 Å². The molecule has 1 saturated heterocycles. The van der Waals surface area contributed by atoms with E-state index in [0.29, 0.717) is 17.0 Å². The number of pyridine rings is 1. The Balaban J connectivity index is 1.95. The molecule has 7 nitrogen and oxygen atoms in total. The largest absolute Gasteiger partial charge is 0.496 e. The van der Waals surface area contributed by atoms with E-state index < -0.39 is 23.4 Å². The monoisotopic (exact) mass is 401 g/mol. The second kappa shape index (κ2) is 7.79. The lowest BCUT2D eigenvalue weighted by atomic mass is 9.78. The number of methoxy groups -OCH3 is 1. The zero-order valence-corrected chi connectivity index (χ0v) is 16.7. The third kappa shape index (κ3) is 4.07. The van der Waals surface area contributed by atoms with Gasteiger partial charge in [-0.1, -0.05) is 13.0 Å². The van der Waals surface area contributed by atoms with E-state index in [0.717, 1.165) is 0 Å². The lowest BCUT2D eigenvalue weighted by Crippen LogP contribution is -2.33. The number of ether oxygens (including phenoxy) is 2. The van der Waals surface area contributed by atoms with E-state index in [1.807, 2.05) is 20.8 Å². The second-order valence-corrected chi connectivity index (χ2v) is 7.63. The average molecular weight is 401 g/mol. The van der Waals surface area contributed by atoms with Crippen molar-refractivity contribution in [2.45, 2.75) is 38.4 Å². The number of amides is 2. The van der Waals surface area contributed by atoms with Gasteiger partial charge in [-0.15, -0.1) is 0 Å². The Hall–Kier alpha value is -3.00. The SMILES string of the molecule is COc1cc(F)ccc1[C@H]1[C@@H](C(=O)Nc2ccnc(C(N)=O)c2)OC(C)(C)[C@H]1C. The summed E-state index contributed by atoms with van der Waals surface area (Å²) in [5.74, 6) is -1.56. The van der Waals surface area contributed by atoms with E-state index >= 15 is 0 Å².